The zero-order chi connectivity index (χ0) is 44.5. The number of H-pyrrole nitrogens is 2. The van der Waals surface area contributed by atoms with Gasteiger partial charge in [-0.1, -0.05) is 23.2 Å². The Morgan fingerprint density at radius 3 is 1.50 bits per heavy atom. The highest BCUT2D eigenvalue weighted by Gasteiger charge is 2.26. The van der Waals surface area contributed by atoms with E-state index in [9.17, 15) is 14.4 Å². The van der Waals surface area contributed by atoms with Crippen molar-refractivity contribution in [2.75, 3.05) is 47.9 Å². The summed E-state index contributed by atoms with van der Waals surface area (Å²) in [5, 5.41) is 23.8. The standard InChI is InChI=1S/C24H28ClN7O3.C19H20ClN7O.ClH/c1-24(2,3)35-23(34)29-16-6-4-15(5-7-16)21(33)32-12-9-17(10-13-32)28-22-26-14-18(25)20(30-22)19-8-11-27-31-19;20-15-11-22-19(25-17(15)16-5-8-23-26-16)24-14-6-9-27(10-7-14)18(28)12-1-3-13(21)4-2-12;/h4-8,11,14,17H,9-10,12-13H2,1-3H3,(H,27,31)(H,29,34)(H,26,28,30);1-5,8,11,14H,6-7,9-10,21H2,(H,23,26)(H,22,24,25);1H. The molecule has 2 saturated heterocycles. The van der Waals surface area contributed by atoms with Crippen LogP contribution in [0.1, 0.15) is 67.2 Å². The molecule has 0 saturated carbocycles. The molecular formula is C43H49Cl3N14O4. The van der Waals surface area contributed by atoms with Crippen molar-refractivity contribution in [2.24, 2.45) is 0 Å². The Balaban J connectivity index is 0.000000214. The third kappa shape index (κ3) is 12.6. The van der Waals surface area contributed by atoms with Crippen LogP contribution in [0.2, 0.25) is 10.0 Å². The number of aromatic amines is 2. The lowest BCUT2D eigenvalue weighted by Gasteiger charge is -2.32. The van der Waals surface area contributed by atoms with Gasteiger partial charge in [-0.3, -0.25) is 25.1 Å². The van der Waals surface area contributed by atoms with E-state index < -0.39 is 11.7 Å². The van der Waals surface area contributed by atoms with Crippen LogP contribution in [0.3, 0.4) is 0 Å². The maximum atomic E-state index is 12.9. The number of amides is 3. The fraction of sp³-hybridized carbons (Fsp3) is 0.326. The van der Waals surface area contributed by atoms with Crippen LogP contribution < -0.4 is 21.7 Å². The average molecular weight is 932 g/mol. The van der Waals surface area contributed by atoms with E-state index in [2.05, 4.69) is 56.3 Å². The minimum Gasteiger partial charge on any atom is -0.444 e. The van der Waals surface area contributed by atoms with Crippen LogP contribution in [-0.4, -0.2) is 112 Å². The summed E-state index contributed by atoms with van der Waals surface area (Å²) in [4.78, 5) is 58.7. The number of carbonyl (C=O) groups excluding carboxylic acids is 3. The van der Waals surface area contributed by atoms with Gasteiger partial charge in [0.25, 0.3) is 11.8 Å². The molecule has 3 amide bonds. The number of nitrogens with one attached hydrogen (secondary N) is 5. The van der Waals surface area contributed by atoms with E-state index in [4.69, 9.17) is 33.7 Å². The van der Waals surface area contributed by atoms with E-state index in [1.165, 1.54) is 0 Å². The summed E-state index contributed by atoms with van der Waals surface area (Å²) in [6.07, 6.45) is 9.03. The van der Waals surface area contributed by atoms with Crippen molar-refractivity contribution in [1.82, 2.24) is 50.1 Å². The van der Waals surface area contributed by atoms with Gasteiger partial charge < -0.3 is 30.9 Å². The van der Waals surface area contributed by atoms with Crippen molar-refractivity contribution in [3.63, 3.8) is 0 Å². The number of hydrogen-bond donors (Lipinski definition) is 6. The van der Waals surface area contributed by atoms with Gasteiger partial charge in [0.2, 0.25) is 11.9 Å². The number of aromatic nitrogens is 8. The second-order valence-electron chi connectivity index (χ2n) is 16.0. The number of nitrogens with two attached hydrogens (primary N) is 1. The Morgan fingerprint density at radius 1 is 0.688 bits per heavy atom. The second-order valence-corrected chi connectivity index (χ2v) is 16.8. The lowest BCUT2D eigenvalue weighted by Crippen LogP contribution is -2.42. The minimum absolute atomic E-state index is 0. The van der Waals surface area contributed by atoms with Crippen LogP contribution in [0.25, 0.3) is 22.8 Å². The molecule has 2 aliphatic heterocycles. The molecule has 8 rings (SSSR count). The zero-order valence-electron chi connectivity index (χ0n) is 35.3. The van der Waals surface area contributed by atoms with Crippen LogP contribution in [-0.2, 0) is 4.74 Å². The topological polar surface area (TPSA) is 238 Å². The SMILES string of the molecule is CC(C)(C)OC(=O)Nc1ccc(C(=O)N2CCC(Nc3ncc(Cl)c(-c4ccn[nH]4)n3)CC2)cc1.Cl.Nc1ccc(C(=O)N2CCC(Nc3ncc(Cl)c(-c4ccn[nH]4)n3)CC2)cc1. The van der Waals surface area contributed by atoms with Crippen molar-refractivity contribution in [1.29, 1.82) is 0 Å². The number of benzene rings is 2. The first-order valence-corrected chi connectivity index (χ1v) is 21.2. The number of ether oxygens (including phenoxy) is 1. The highest BCUT2D eigenvalue weighted by atomic mass is 35.5. The highest BCUT2D eigenvalue weighted by molar-refractivity contribution is 6.33. The molecule has 0 bridgehead atoms. The van der Waals surface area contributed by atoms with Gasteiger partial charge in [0, 0.05) is 73.2 Å². The first kappa shape index (κ1) is 47.0. The lowest BCUT2D eigenvalue weighted by molar-refractivity contribution is 0.0634. The normalized spacial score (nSPS) is 14.4. The number of carbonyl (C=O) groups is 3. The quantitative estimate of drug-likeness (QED) is 0.0759. The molecule has 7 N–H and O–H groups in total. The van der Waals surface area contributed by atoms with E-state index in [0.717, 1.165) is 31.4 Å². The number of rotatable bonds is 9. The Hall–Kier alpha value is -6.50. The molecule has 2 aliphatic rings. The van der Waals surface area contributed by atoms with E-state index in [1.54, 1.807) is 106 Å². The fourth-order valence-electron chi connectivity index (χ4n) is 6.95. The van der Waals surface area contributed by atoms with Gasteiger partial charge in [-0.2, -0.15) is 10.2 Å². The Bertz CT molecular complexity index is 2470. The summed E-state index contributed by atoms with van der Waals surface area (Å²) in [5.74, 6) is 0.980. The third-order valence-corrected chi connectivity index (χ3v) is 10.7. The van der Waals surface area contributed by atoms with Crippen molar-refractivity contribution >= 4 is 76.8 Å². The molecule has 2 aromatic carbocycles. The number of piperidine rings is 2. The van der Waals surface area contributed by atoms with Crippen LogP contribution in [0.5, 0.6) is 0 Å². The third-order valence-electron chi connectivity index (χ3n) is 10.2. The van der Waals surface area contributed by atoms with E-state index in [1.807, 2.05) is 9.80 Å². The predicted octanol–water partition coefficient (Wildman–Crippen LogP) is 7.82. The van der Waals surface area contributed by atoms with Crippen LogP contribution in [0.4, 0.5) is 28.1 Å². The smallest absolute Gasteiger partial charge is 0.412 e. The summed E-state index contributed by atoms with van der Waals surface area (Å²) in [5.41, 5.74) is 10.2. The number of halogens is 3. The number of nitrogens with zero attached hydrogens (tertiary/aromatic N) is 8. The van der Waals surface area contributed by atoms with Crippen molar-refractivity contribution in [2.45, 2.75) is 64.1 Å². The van der Waals surface area contributed by atoms with Gasteiger partial charge in [0.1, 0.15) is 17.0 Å². The molecule has 6 heterocycles. The Labute approximate surface area is 385 Å². The largest absolute Gasteiger partial charge is 0.444 e. The Kier molecular flexibility index (Phi) is 15.6. The average Bonchev–Trinajstić information content (AvgIpc) is 4.02. The molecule has 0 radical (unpaired) electrons. The second kappa shape index (κ2) is 21.2. The predicted molar refractivity (Wildman–Crippen MR) is 249 cm³/mol. The van der Waals surface area contributed by atoms with Gasteiger partial charge in [-0.15, -0.1) is 12.4 Å². The maximum absolute atomic E-state index is 12.9. The van der Waals surface area contributed by atoms with Gasteiger partial charge >= 0.3 is 6.09 Å². The Morgan fingerprint density at radius 2 is 1.11 bits per heavy atom. The number of likely N-dealkylation sites (tertiary alicyclic amines) is 2. The van der Waals surface area contributed by atoms with E-state index in [-0.39, 0.29) is 36.3 Å². The first-order valence-electron chi connectivity index (χ1n) is 20.4. The molecule has 0 atom stereocenters. The molecular weight excluding hydrogens is 883 g/mol. The molecule has 4 aromatic heterocycles. The summed E-state index contributed by atoms with van der Waals surface area (Å²) in [7, 11) is 0. The number of anilines is 4. The molecule has 64 heavy (non-hydrogen) atoms. The van der Waals surface area contributed by atoms with Crippen LogP contribution >= 0.6 is 35.6 Å². The van der Waals surface area contributed by atoms with Gasteiger partial charge in [-0.25, -0.2) is 24.7 Å². The van der Waals surface area contributed by atoms with Crippen LogP contribution in [0, 0.1) is 0 Å². The summed E-state index contributed by atoms with van der Waals surface area (Å²) < 4.78 is 5.25. The molecule has 0 unspecified atom stereocenters. The number of hydrogen-bond acceptors (Lipinski definition) is 13. The lowest BCUT2D eigenvalue weighted by atomic mass is 10.0. The van der Waals surface area contributed by atoms with Gasteiger partial charge in [0.05, 0.1) is 33.8 Å². The van der Waals surface area contributed by atoms with E-state index in [0.29, 0.717) is 87.7 Å². The summed E-state index contributed by atoms with van der Waals surface area (Å²) in [6.45, 7) is 7.95. The molecule has 336 valence electrons. The van der Waals surface area contributed by atoms with Gasteiger partial charge in [-0.05, 0) is 107 Å². The fourth-order valence-corrected chi connectivity index (χ4v) is 7.34. The molecule has 0 spiro atoms. The highest BCUT2D eigenvalue weighted by Crippen LogP contribution is 2.27. The van der Waals surface area contributed by atoms with E-state index >= 15 is 0 Å². The summed E-state index contributed by atoms with van der Waals surface area (Å²) >= 11 is 12.4. The maximum Gasteiger partial charge on any atom is 0.412 e. The molecule has 21 heteroatoms. The minimum atomic E-state index is -0.581. The molecule has 2 fully saturated rings. The molecule has 0 aliphatic carbocycles. The zero-order valence-corrected chi connectivity index (χ0v) is 37.7. The molecule has 18 nitrogen and oxygen atoms in total. The van der Waals surface area contributed by atoms with Gasteiger partial charge in [0.15, 0.2) is 0 Å². The van der Waals surface area contributed by atoms with Crippen molar-refractivity contribution in [3.8, 4) is 22.8 Å². The van der Waals surface area contributed by atoms with Crippen molar-refractivity contribution < 1.29 is 19.1 Å². The van der Waals surface area contributed by atoms with Crippen LogP contribution in [0.15, 0.2) is 85.5 Å². The summed E-state index contributed by atoms with van der Waals surface area (Å²) in [6, 6.07) is 17.7. The molecule has 6 aromatic rings. The monoisotopic (exact) mass is 930 g/mol. The number of nitrogen functional groups attached to an aromatic ring is 1. The first-order chi connectivity index (χ1) is 30.3. The van der Waals surface area contributed by atoms with Crippen molar-refractivity contribution in [3.05, 3.63) is 107 Å².